The largest absolute Gasteiger partial charge is 0.383 e. The van der Waals surface area contributed by atoms with E-state index in [0.717, 1.165) is 18.7 Å². The average Bonchev–Trinajstić information content (AvgIpc) is 2.54. The van der Waals surface area contributed by atoms with Crippen LogP contribution in [0.4, 0.5) is 0 Å². The van der Waals surface area contributed by atoms with Gasteiger partial charge in [-0.2, -0.15) is 0 Å². The van der Waals surface area contributed by atoms with Crippen molar-refractivity contribution in [1.82, 2.24) is 15.0 Å². The molecule has 1 aromatic heterocycles. The van der Waals surface area contributed by atoms with Gasteiger partial charge in [0.15, 0.2) is 0 Å². The van der Waals surface area contributed by atoms with Crippen LogP contribution in [0.2, 0.25) is 0 Å². The Hall–Kier alpha value is -0.940. The smallest absolute Gasteiger partial charge is 0.0777 e. The number of rotatable bonds is 5. The first-order chi connectivity index (χ1) is 6.29. The van der Waals surface area contributed by atoms with Gasteiger partial charge in [0.05, 0.1) is 24.5 Å². The Labute approximate surface area is 77.9 Å². The molecule has 0 aliphatic heterocycles. The number of hydrogen-bond acceptors (Lipinski definition) is 4. The second-order valence-electron chi connectivity index (χ2n) is 2.94. The lowest BCUT2D eigenvalue weighted by molar-refractivity contribution is 0.177. The predicted octanol–water partition coefficient (Wildman–Crippen LogP) is 0.334. The van der Waals surface area contributed by atoms with Crippen LogP contribution < -0.4 is 5.73 Å². The summed E-state index contributed by atoms with van der Waals surface area (Å²) in [4.78, 5) is 0. The van der Waals surface area contributed by atoms with Crippen molar-refractivity contribution in [1.29, 1.82) is 0 Å². The van der Waals surface area contributed by atoms with Crippen molar-refractivity contribution in [3.8, 4) is 0 Å². The number of nitrogens with two attached hydrogens (primary N) is 1. The highest BCUT2D eigenvalue weighted by Gasteiger charge is 2.11. The van der Waals surface area contributed by atoms with Crippen LogP contribution in [-0.4, -0.2) is 28.7 Å². The lowest BCUT2D eigenvalue weighted by Crippen LogP contribution is -2.20. The van der Waals surface area contributed by atoms with Crippen molar-refractivity contribution in [3.05, 3.63) is 11.9 Å². The van der Waals surface area contributed by atoms with Gasteiger partial charge in [0, 0.05) is 13.7 Å². The Bertz CT molecular complexity index is 248. The number of nitrogens with zero attached hydrogens (tertiary/aromatic N) is 3. The normalized spacial score (nSPS) is 13.2. The van der Waals surface area contributed by atoms with Gasteiger partial charge in [-0.05, 0) is 6.42 Å². The van der Waals surface area contributed by atoms with Gasteiger partial charge >= 0.3 is 0 Å². The van der Waals surface area contributed by atoms with E-state index in [4.69, 9.17) is 10.5 Å². The molecule has 0 unspecified atom stereocenters. The molecule has 2 N–H and O–H groups in total. The first-order valence-corrected chi connectivity index (χ1v) is 4.42. The van der Waals surface area contributed by atoms with Crippen LogP contribution in [0.3, 0.4) is 0 Å². The molecule has 0 aliphatic carbocycles. The highest BCUT2D eigenvalue weighted by Crippen LogP contribution is 2.08. The predicted molar refractivity (Wildman–Crippen MR) is 49.1 cm³/mol. The molecule has 0 saturated carbocycles. The first-order valence-electron chi connectivity index (χ1n) is 4.42. The van der Waals surface area contributed by atoms with Crippen LogP contribution in [0.15, 0.2) is 6.20 Å². The lowest BCUT2D eigenvalue weighted by Gasteiger charge is -2.11. The molecule has 5 nitrogen and oxygen atoms in total. The van der Waals surface area contributed by atoms with Crippen LogP contribution in [0.5, 0.6) is 0 Å². The van der Waals surface area contributed by atoms with E-state index in [0.29, 0.717) is 6.61 Å². The summed E-state index contributed by atoms with van der Waals surface area (Å²) in [5.41, 5.74) is 6.79. The van der Waals surface area contributed by atoms with Gasteiger partial charge in [-0.1, -0.05) is 12.1 Å². The summed E-state index contributed by atoms with van der Waals surface area (Å²) in [6.45, 7) is 3.44. The van der Waals surface area contributed by atoms with Gasteiger partial charge in [-0.25, -0.2) is 4.68 Å². The van der Waals surface area contributed by atoms with Crippen molar-refractivity contribution in [2.45, 2.75) is 25.9 Å². The van der Waals surface area contributed by atoms with E-state index in [1.165, 1.54) is 0 Å². The summed E-state index contributed by atoms with van der Waals surface area (Å²) < 4.78 is 6.79. The second kappa shape index (κ2) is 4.94. The molecule has 74 valence electrons. The molecule has 0 aromatic carbocycles. The third-order valence-electron chi connectivity index (χ3n) is 1.81. The molecule has 0 amide bonds. The zero-order valence-corrected chi connectivity index (χ0v) is 8.10. The molecule has 1 atom stereocenters. The van der Waals surface area contributed by atoms with E-state index < -0.39 is 0 Å². The molecule has 0 radical (unpaired) electrons. The molecule has 13 heavy (non-hydrogen) atoms. The summed E-state index contributed by atoms with van der Waals surface area (Å²) >= 11 is 0. The summed E-state index contributed by atoms with van der Waals surface area (Å²) in [6, 6.07) is -0.133. The number of methoxy groups -OCH3 is 1. The molecule has 1 heterocycles. The van der Waals surface area contributed by atoms with Gasteiger partial charge in [0.2, 0.25) is 0 Å². The summed E-state index contributed by atoms with van der Waals surface area (Å²) in [5.74, 6) is 0. The maximum absolute atomic E-state index is 5.86. The topological polar surface area (TPSA) is 66.0 Å². The lowest BCUT2D eigenvalue weighted by atomic mass is 10.2. The number of hydrogen-bond donors (Lipinski definition) is 1. The van der Waals surface area contributed by atoms with Crippen molar-refractivity contribution in [3.63, 3.8) is 0 Å². The van der Waals surface area contributed by atoms with E-state index in [9.17, 15) is 0 Å². The fourth-order valence-electron chi connectivity index (χ4n) is 1.20. The Morgan fingerprint density at radius 2 is 2.46 bits per heavy atom. The Morgan fingerprint density at radius 1 is 1.69 bits per heavy atom. The maximum Gasteiger partial charge on any atom is 0.0777 e. The molecular formula is C8H16N4O. The molecule has 0 saturated heterocycles. The van der Waals surface area contributed by atoms with E-state index >= 15 is 0 Å². The molecule has 0 spiro atoms. The van der Waals surface area contributed by atoms with Crippen molar-refractivity contribution < 1.29 is 4.74 Å². The molecule has 1 rings (SSSR count). The summed E-state index contributed by atoms with van der Waals surface area (Å²) in [7, 11) is 1.63. The third kappa shape index (κ3) is 2.50. The second-order valence-corrected chi connectivity index (χ2v) is 2.94. The minimum absolute atomic E-state index is 0.133. The minimum Gasteiger partial charge on any atom is -0.383 e. The molecular weight excluding hydrogens is 168 g/mol. The van der Waals surface area contributed by atoms with E-state index in [1.807, 2.05) is 4.68 Å². The van der Waals surface area contributed by atoms with Crippen molar-refractivity contribution in [2.24, 2.45) is 5.73 Å². The fraction of sp³-hybridized carbons (Fsp3) is 0.750. The number of aryl methyl sites for hydroxylation is 1. The van der Waals surface area contributed by atoms with Gasteiger partial charge < -0.3 is 10.5 Å². The SMILES string of the molecule is CCCn1nncc1[C@@H](N)COC. The van der Waals surface area contributed by atoms with Crippen LogP contribution in [-0.2, 0) is 11.3 Å². The zero-order valence-electron chi connectivity index (χ0n) is 8.10. The van der Waals surface area contributed by atoms with Crippen LogP contribution in [0.1, 0.15) is 25.1 Å². The van der Waals surface area contributed by atoms with Crippen LogP contribution in [0, 0.1) is 0 Å². The summed E-state index contributed by atoms with van der Waals surface area (Å²) in [5, 5.41) is 7.76. The molecule has 0 aliphatic rings. The van der Waals surface area contributed by atoms with Crippen LogP contribution in [0.25, 0.3) is 0 Å². The van der Waals surface area contributed by atoms with Gasteiger partial charge in [-0.15, -0.1) is 5.10 Å². The molecule has 0 bridgehead atoms. The summed E-state index contributed by atoms with van der Waals surface area (Å²) in [6.07, 6.45) is 2.72. The van der Waals surface area contributed by atoms with E-state index in [2.05, 4.69) is 17.2 Å². The third-order valence-corrected chi connectivity index (χ3v) is 1.81. The van der Waals surface area contributed by atoms with Gasteiger partial charge in [-0.3, -0.25) is 0 Å². The number of aromatic nitrogens is 3. The Morgan fingerprint density at radius 3 is 3.08 bits per heavy atom. The maximum atomic E-state index is 5.86. The zero-order chi connectivity index (χ0) is 9.68. The van der Waals surface area contributed by atoms with E-state index in [-0.39, 0.29) is 6.04 Å². The van der Waals surface area contributed by atoms with Gasteiger partial charge in [0.1, 0.15) is 0 Å². The Kier molecular flexibility index (Phi) is 3.85. The average molecular weight is 184 g/mol. The van der Waals surface area contributed by atoms with E-state index in [1.54, 1.807) is 13.3 Å². The monoisotopic (exact) mass is 184 g/mol. The highest BCUT2D eigenvalue weighted by molar-refractivity contribution is 5.00. The van der Waals surface area contributed by atoms with Gasteiger partial charge in [0.25, 0.3) is 0 Å². The van der Waals surface area contributed by atoms with Crippen LogP contribution >= 0.6 is 0 Å². The Balaban J connectivity index is 2.68. The molecule has 1 aromatic rings. The van der Waals surface area contributed by atoms with Crippen molar-refractivity contribution in [2.75, 3.05) is 13.7 Å². The molecule has 0 fully saturated rings. The molecule has 5 heteroatoms. The van der Waals surface area contributed by atoms with Crippen molar-refractivity contribution >= 4 is 0 Å². The first kappa shape index (κ1) is 10.1. The minimum atomic E-state index is -0.133. The quantitative estimate of drug-likeness (QED) is 0.716. The standard InChI is InChI=1S/C8H16N4O/c1-3-4-12-8(5-10-11-12)7(9)6-13-2/h5,7H,3-4,6,9H2,1-2H3/t7-/m0/s1. The highest BCUT2D eigenvalue weighted by atomic mass is 16.5. The number of ether oxygens (including phenoxy) is 1. The fourth-order valence-corrected chi connectivity index (χ4v) is 1.20.